The van der Waals surface area contributed by atoms with Gasteiger partial charge in [0.2, 0.25) is 6.79 Å². The molecule has 0 aliphatic rings. The summed E-state index contributed by atoms with van der Waals surface area (Å²) < 4.78 is 13.2. The first-order chi connectivity index (χ1) is 10.8. The zero-order valence-corrected chi connectivity index (χ0v) is 13.5. The maximum absolute atomic E-state index is 5.48. The molecular formula is C17H15NO2S2. The second-order valence-corrected chi connectivity index (χ2v) is 6.75. The molecule has 0 unspecified atom stereocenters. The number of ether oxygens (including phenoxy) is 2. The van der Waals surface area contributed by atoms with Crippen molar-refractivity contribution < 1.29 is 9.47 Å². The predicted molar refractivity (Wildman–Crippen MR) is 92.5 cm³/mol. The van der Waals surface area contributed by atoms with Crippen molar-refractivity contribution in [3.63, 3.8) is 0 Å². The number of nitrogens with zero attached hydrogens (tertiary/aromatic N) is 1. The van der Waals surface area contributed by atoms with Crippen LogP contribution in [0.4, 0.5) is 0 Å². The van der Waals surface area contributed by atoms with Gasteiger partial charge in [0.25, 0.3) is 0 Å². The van der Waals surface area contributed by atoms with Gasteiger partial charge in [-0.2, -0.15) is 0 Å². The number of rotatable bonds is 7. The van der Waals surface area contributed by atoms with Crippen LogP contribution in [-0.2, 0) is 4.74 Å². The lowest BCUT2D eigenvalue weighted by Gasteiger charge is -2.09. The number of benzene rings is 2. The average molecular weight is 329 g/mol. The smallest absolute Gasteiger partial charge is 0.230 e. The number of thiazole rings is 1. The number of hydrogen-bond acceptors (Lipinski definition) is 5. The quantitative estimate of drug-likeness (QED) is 0.348. The normalized spacial score (nSPS) is 10.5. The van der Waals surface area contributed by atoms with Gasteiger partial charge in [0, 0.05) is 0 Å². The maximum Gasteiger partial charge on any atom is 0.230 e. The van der Waals surface area contributed by atoms with Crippen molar-refractivity contribution in [3.8, 4) is 5.75 Å². The standard InChI is InChI=1S/C17H15NO2S2/c1-13(19-12-20-14-7-3-2-4-8-14)11-21-17-18-15-9-5-6-10-16(15)22-17/h2-10H,1,11-12H2. The van der Waals surface area contributed by atoms with Crippen LogP contribution in [0.25, 0.3) is 10.2 Å². The molecule has 0 radical (unpaired) electrons. The second-order valence-electron chi connectivity index (χ2n) is 4.49. The molecule has 3 rings (SSSR count). The Morgan fingerprint density at radius 2 is 1.86 bits per heavy atom. The maximum atomic E-state index is 5.48. The largest absolute Gasteiger partial charge is 0.462 e. The summed E-state index contributed by atoms with van der Waals surface area (Å²) in [5.41, 5.74) is 1.04. The van der Waals surface area contributed by atoms with E-state index in [9.17, 15) is 0 Å². The van der Waals surface area contributed by atoms with Crippen LogP contribution in [0, 0.1) is 0 Å². The number of fused-ring (bicyclic) bond motifs is 1. The van der Waals surface area contributed by atoms with Crippen LogP contribution in [0.5, 0.6) is 5.75 Å². The summed E-state index contributed by atoms with van der Waals surface area (Å²) in [6.45, 7) is 4.08. The average Bonchev–Trinajstić information content (AvgIpc) is 2.97. The Morgan fingerprint density at radius 1 is 1.09 bits per heavy atom. The minimum absolute atomic E-state index is 0.170. The fourth-order valence-corrected chi connectivity index (χ4v) is 3.70. The van der Waals surface area contributed by atoms with Crippen LogP contribution < -0.4 is 4.74 Å². The van der Waals surface area contributed by atoms with Crippen molar-refractivity contribution in [1.29, 1.82) is 0 Å². The van der Waals surface area contributed by atoms with Gasteiger partial charge in [0.05, 0.1) is 16.0 Å². The Morgan fingerprint density at radius 3 is 2.68 bits per heavy atom. The van der Waals surface area contributed by atoms with E-state index in [0.29, 0.717) is 11.5 Å². The molecule has 0 atom stereocenters. The van der Waals surface area contributed by atoms with E-state index < -0.39 is 0 Å². The van der Waals surface area contributed by atoms with Crippen LogP contribution >= 0.6 is 23.1 Å². The van der Waals surface area contributed by atoms with Gasteiger partial charge in [-0.1, -0.05) is 48.7 Å². The molecule has 5 heteroatoms. The van der Waals surface area contributed by atoms with Crippen molar-refractivity contribution in [1.82, 2.24) is 4.98 Å². The first kappa shape index (κ1) is 14.9. The summed E-state index contributed by atoms with van der Waals surface area (Å²) >= 11 is 3.31. The topological polar surface area (TPSA) is 31.4 Å². The van der Waals surface area contributed by atoms with Crippen molar-refractivity contribution in [3.05, 3.63) is 66.9 Å². The Balaban J connectivity index is 1.44. The molecule has 0 fully saturated rings. The second kappa shape index (κ2) is 7.33. The number of aromatic nitrogens is 1. The molecule has 0 spiro atoms. The van der Waals surface area contributed by atoms with Crippen molar-refractivity contribution in [2.45, 2.75) is 4.34 Å². The fraction of sp³-hybridized carbons (Fsp3) is 0.118. The summed E-state index contributed by atoms with van der Waals surface area (Å²) in [6.07, 6.45) is 0. The van der Waals surface area contributed by atoms with E-state index in [1.54, 1.807) is 23.1 Å². The molecule has 1 aromatic heterocycles. The molecule has 0 saturated carbocycles. The zero-order chi connectivity index (χ0) is 15.2. The van der Waals surface area contributed by atoms with Crippen molar-refractivity contribution >= 4 is 33.3 Å². The summed E-state index contributed by atoms with van der Waals surface area (Å²) in [5.74, 6) is 2.13. The lowest BCUT2D eigenvalue weighted by molar-refractivity contribution is 0.0636. The number of para-hydroxylation sites is 2. The van der Waals surface area contributed by atoms with Crippen LogP contribution in [0.15, 0.2) is 71.3 Å². The molecule has 0 bridgehead atoms. The van der Waals surface area contributed by atoms with Crippen LogP contribution in [0.3, 0.4) is 0 Å². The molecular weight excluding hydrogens is 314 g/mol. The SMILES string of the molecule is C=C(CSc1nc2ccccc2s1)OCOc1ccccc1. The molecule has 0 amide bonds. The summed E-state index contributed by atoms with van der Waals surface area (Å²) in [4.78, 5) is 4.57. The first-order valence-corrected chi connectivity index (χ1v) is 8.58. The highest BCUT2D eigenvalue weighted by Gasteiger charge is 2.05. The highest BCUT2D eigenvalue weighted by molar-refractivity contribution is 8.01. The third kappa shape index (κ3) is 4.02. The van der Waals surface area contributed by atoms with Crippen molar-refractivity contribution in [2.24, 2.45) is 0 Å². The molecule has 0 saturated heterocycles. The Labute approximate surface area is 137 Å². The molecule has 112 valence electrons. The van der Waals surface area contributed by atoms with E-state index in [2.05, 4.69) is 17.6 Å². The predicted octanol–water partition coefficient (Wildman–Crippen LogP) is 4.96. The minimum atomic E-state index is 0.170. The van der Waals surface area contributed by atoms with Gasteiger partial charge in [0.1, 0.15) is 11.5 Å². The van der Waals surface area contributed by atoms with Crippen LogP contribution in [-0.4, -0.2) is 17.5 Å². The Kier molecular flexibility index (Phi) is 4.98. The molecule has 22 heavy (non-hydrogen) atoms. The van der Waals surface area contributed by atoms with E-state index in [-0.39, 0.29) is 6.79 Å². The molecule has 0 aliphatic carbocycles. The molecule has 3 aromatic rings. The van der Waals surface area contributed by atoms with Gasteiger partial charge >= 0.3 is 0 Å². The first-order valence-electron chi connectivity index (χ1n) is 6.78. The van der Waals surface area contributed by atoms with Gasteiger partial charge < -0.3 is 9.47 Å². The van der Waals surface area contributed by atoms with E-state index in [1.165, 1.54) is 4.70 Å². The number of hydrogen-bond donors (Lipinski definition) is 0. The summed E-state index contributed by atoms with van der Waals surface area (Å²) in [6, 6.07) is 17.7. The van der Waals surface area contributed by atoms with Crippen LogP contribution in [0.1, 0.15) is 0 Å². The number of thioether (sulfide) groups is 1. The summed E-state index contributed by atoms with van der Waals surface area (Å²) in [7, 11) is 0. The van der Waals surface area contributed by atoms with Gasteiger partial charge in [-0.25, -0.2) is 4.98 Å². The van der Waals surface area contributed by atoms with Crippen molar-refractivity contribution in [2.75, 3.05) is 12.5 Å². The van der Waals surface area contributed by atoms with E-state index in [1.807, 2.05) is 48.5 Å². The monoisotopic (exact) mass is 329 g/mol. The van der Waals surface area contributed by atoms with E-state index in [0.717, 1.165) is 15.6 Å². The molecule has 2 aromatic carbocycles. The molecule has 0 N–H and O–H groups in total. The third-order valence-corrected chi connectivity index (χ3v) is 5.10. The summed E-state index contributed by atoms with van der Waals surface area (Å²) in [5, 5.41) is 0. The van der Waals surface area contributed by atoms with E-state index >= 15 is 0 Å². The lowest BCUT2D eigenvalue weighted by Crippen LogP contribution is -2.03. The molecule has 0 aliphatic heterocycles. The van der Waals surface area contributed by atoms with Gasteiger partial charge in [-0.15, -0.1) is 11.3 Å². The van der Waals surface area contributed by atoms with E-state index in [4.69, 9.17) is 9.47 Å². The minimum Gasteiger partial charge on any atom is -0.462 e. The van der Waals surface area contributed by atoms with Gasteiger partial charge in [-0.05, 0) is 24.3 Å². The Bertz CT molecular complexity index is 722. The van der Waals surface area contributed by atoms with Crippen LogP contribution in [0.2, 0.25) is 0 Å². The molecule has 3 nitrogen and oxygen atoms in total. The third-order valence-electron chi connectivity index (χ3n) is 2.86. The van der Waals surface area contributed by atoms with Gasteiger partial charge in [0.15, 0.2) is 4.34 Å². The van der Waals surface area contributed by atoms with Gasteiger partial charge in [-0.3, -0.25) is 0 Å². The Hall–Kier alpha value is -1.98. The molecule has 1 heterocycles. The lowest BCUT2D eigenvalue weighted by atomic mass is 10.3. The fourth-order valence-electron chi connectivity index (χ4n) is 1.79. The highest BCUT2D eigenvalue weighted by Crippen LogP contribution is 2.30. The zero-order valence-electron chi connectivity index (χ0n) is 11.9. The highest BCUT2D eigenvalue weighted by atomic mass is 32.2.